The van der Waals surface area contributed by atoms with Crippen molar-refractivity contribution in [3.63, 3.8) is 0 Å². The number of halogens is 1. The number of anilines is 1. The van der Waals surface area contributed by atoms with E-state index in [0.717, 1.165) is 12.2 Å². The number of aromatic nitrogens is 3. The fraction of sp³-hybridized carbons (Fsp3) is 0.182. The van der Waals surface area contributed by atoms with Gasteiger partial charge in [0.1, 0.15) is 22.7 Å². The van der Waals surface area contributed by atoms with Gasteiger partial charge in [-0.3, -0.25) is 0 Å². The predicted octanol–water partition coefficient (Wildman–Crippen LogP) is 1.98. The average Bonchev–Trinajstić information content (AvgIpc) is 2.84. The van der Waals surface area contributed by atoms with Crippen molar-refractivity contribution >= 4 is 17.4 Å². The number of imidazole rings is 1. The Labute approximate surface area is 103 Å². The number of hydrogen-bond acceptors (Lipinski definition) is 4. The van der Waals surface area contributed by atoms with E-state index < -0.39 is 0 Å². The Morgan fingerprint density at radius 3 is 3.00 bits per heavy atom. The first kappa shape index (κ1) is 11.4. The van der Waals surface area contributed by atoms with Crippen LogP contribution in [-0.2, 0) is 6.42 Å². The molecule has 0 radical (unpaired) electrons. The van der Waals surface area contributed by atoms with E-state index in [4.69, 9.17) is 16.9 Å². The molecule has 17 heavy (non-hydrogen) atoms. The Balaban J connectivity index is 1.98. The summed E-state index contributed by atoms with van der Waals surface area (Å²) in [5.74, 6) is 1.42. The third kappa shape index (κ3) is 2.74. The minimum absolute atomic E-state index is 0.356. The zero-order chi connectivity index (χ0) is 12.1. The summed E-state index contributed by atoms with van der Waals surface area (Å²) >= 11 is 6.00. The monoisotopic (exact) mass is 247 g/mol. The summed E-state index contributed by atoms with van der Waals surface area (Å²) in [4.78, 5) is 11.2. The lowest BCUT2D eigenvalue weighted by Gasteiger charge is -2.06. The number of H-pyrrole nitrogens is 1. The topological polar surface area (TPSA) is 77.4 Å². The van der Waals surface area contributed by atoms with Crippen LogP contribution in [0.25, 0.3) is 0 Å². The van der Waals surface area contributed by atoms with Crippen molar-refractivity contribution in [3.8, 4) is 6.07 Å². The van der Waals surface area contributed by atoms with Gasteiger partial charge in [0.2, 0.25) is 0 Å². The second-order valence-corrected chi connectivity index (χ2v) is 3.72. The van der Waals surface area contributed by atoms with Gasteiger partial charge < -0.3 is 10.3 Å². The molecule has 0 atom stereocenters. The maximum atomic E-state index is 8.81. The average molecular weight is 248 g/mol. The molecule has 0 bridgehead atoms. The minimum Gasteiger partial charge on any atom is -0.368 e. The van der Waals surface area contributed by atoms with Crippen LogP contribution in [0, 0.1) is 11.3 Å². The number of nitrogens with one attached hydrogen (secondary N) is 2. The maximum absolute atomic E-state index is 8.81. The van der Waals surface area contributed by atoms with Gasteiger partial charge in [0, 0.05) is 31.6 Å². The highest BCUT2D eigenvalue weighted by Crippen LogP contribution is 2.22. The van der Waals surface area contributed by atoms with E-state index >= 15 is 0 Å². The molecule has 6 heteroatoms. The van der Waals surface area contributed by atoms with Gasteiger partial charge in [0.25, 0.3) is 0 Å². The lowest BCUT2D eigenvalue weighted by molar-refractivity contribution is 0.921. The molecule has 86 valence electrons. The van der Waals surface area contributed by atoms with Gasteiger partial charge in [-0.25, -0.2) is 9.97 Å². The van der Waals surface area contributed by atoms with Crippen LogP contribution in [0.15, 0.2) is 24.7 Å². The molecule has 0 saturated carbocycles. The van der Waals surface area contributed by atoms with Crippen molar-refractivity contribution < 1.29 is 0 Å². The lowest BCUT2D eigenvalue weighted by atomic mass is 10.3. The van der Waals surface area contributed by atoms with Crippen molar-refractivity contribution in [3.05, 3.63) is 41.1 Å². The highest BCUT2D eigenvalue weighted by molar-refractivity contribution is 6.34. The molecule has 2 aromatic rings. The first-order chi connectivity index (χ1) is 8.31. The van der Waals surface area contributed by atoms with E-state index in [2.05, 4.69) is 20.3 Å². The number of rotatable bonds is 4. The highest BCUT2D eigenvalue weighted by atomic mass is 35.5. The number of aromatic amines is 1. The molecule has 2 aromatic heterocycles. The Morgan fingerprint density at radius 2 is 2.29 bits per heavy atom. The van der Waals surface area contributed by atoms with Gasteiger partial charge in [-0.05, 0) is 6.07 Å². The van der Waals surface area contributed by atoms with E-state index in [1.54, 1.807) is 24.7 Å². The molecule has 0 aliphatic carbocycles. The van der Waals surface area contributed by atoms with Gasteiger partial charge in [-0.15, -0.1) is 0 Å². The van der Waals surface area contributed by atoms with Crippen LogP contribution in [0.3, 0.4) is 0 Å². The van der Waals surface area contributed by atoms with Crippen molar-refractivity contribution in [2.45, 2.75) is 6.42 Å². The summed E-state index contributed by atoms with van der Waals surface area (Å²) < 4.78 is 0. The molecular formula is C11H10ClN5. The van der Waals surface area contributed by atoms with Gasteiger partial charge in [0.15, 0.2) is 0 Å². The molecule has 0 amide bonds. The first-order valence-corrected chi connectivity index (χ1v) is 5.46. The summed E-state index contributed by atoms with van der Waals surface area (Å²) in [6.07, 6.45) is 5.77. The SMILES string of the molecule is N#Cc1ccnc(NCCc2ncc[nH]2)c1Cl. The van der Waals surface area contributed by atoms with E-state index in [-0.39, 0.29) is 0 Å². The Kier molecular flexibility index (Phi) is 3.58. The summed E-state index contributed by atoms with van der Waals surface area (Å²) in [6, 6.07) is 3.59. The van der Waals surface area contributed by atoms with Crippen LogP contribution in [0.4, 0.5) is 5.82 Å². The van der Waals surface area contributed by atoms with Crippen LogP contribution in [-0.4, -0.2) is 21.5 Å². The van der Waals surface area contributed by atoms with E-state index in [1.807, 2.05) is 6.07 Å². The predicted molar refractivity (Wildman–Crippen MR) is 64.7 cm³/mol. The smallest absolute Gasteiger partial charge is 0.146 e. The van der Waals surface area contributed by atoms with E-state index in [1.165, 1.54) is 0 Å². The zero-order valence-corrected chi connectivity index (χ0v) is 9.70. The van der Waals surface area contributed by atoms with Crippen LogP contribution >= 0.6 is 11.6 Å². The summed E-state index contributed by atoms with van der Waals surface area (Å²) in [7, 11) is 0. The van der Waals surface area contributed by atoms with Crippen molar-refractivity contribution in [1.82, 2.24) is 15.0 Å². The number of nitriles is 1. The van der Waals surface area contributed by atoms with Crippen molar-refractivity contribution in [1.29, 1.82) is 5.26 Å². The van der Waals surface area contributed by atoms with Gasteiger partial charge in [-0.1, -0.05) is 11.6 Å². The highest BCUT2D eigenvalue weighted by Gasteiger charge is 2.06. The fourth-order valence-electron chi connectivity index (χ4n) is 1.39. The largest absolute Gasteiger partial charge is 0.368 e. The molecular weight excluding hydrogens is 238 g/mol. The first-order valence-electron chi connectivity index (χ1n) is 5.08. The van der Waals surface area contributed by atoms with Crippen LogP contribution in [0.2, 0.25) is 5.02 Å². The van der Waals surface area contributed by atoms with E-state index in [9.17, 15) is 0 Å². The fourth-order valence-corrected chi connectivity index (χ4v) is 1.61. The van der Waals surface area contributed by atoms with Crippen LogP contribution < -0.4 is 5.32 Å². The second-order valence-electron chi connectivity index (χ2n) is 3.35. The second kappa shape index (κ2) is 5.32. The number of nitrogens with zero attached hydrogens (tertiary/aromatic N) is 3. The van der Waals surface area contributed by atoms with Crippen molar-refractivity contribution in [2.75, 3.05) is 11.9 Å². The van der Waals surface area contributed by atoms with Crippen molar-refractivity contribution in [2.24, 2.45) is 0 Å². The molecule has 5 nitrogen and oxygen atoms in total. The normalized spacial score (nSPS) is 9.88. The van der Waals surface area contributed by atoms with Gasteiger partial charge in [0.05, 0.1) is 5.56 Å². The minimum atomic E-state index is 0.356. The molecule has 2 heterocycles. The van der Waals surface area contributed by atoms with Gasteiger partial charge in [-0.2, -0.15) is 5.26 Å². The quantitative estimate of drug-likeness (QED) is 0.866. The molecule has 0 fully saturated rings. The standard InChI is InChI=1S/C11H10ClN5/c12-10-8(7-13)1-3-16-11(10)17-4-2-9-14-5-6-15-9/h1,3,5-6H,2,4H2,(H,14,15)(H,16,17). The van der Waals surface area contributed by atoms with Crippen LogP contribution in [0.1, 0.15) is 11.4 Å². The summed E-state index contributed by atoms with van der Waals surface area (Å²) in [5.41, 5.74) is 0.419. The molecule has 0 saturated heterocycles. The molecule has 0 aliphatic heterocycles. The van der Waals surface area contributed by atoms with Gasteiger partial charge >= 0.3 is 0 Å². The Morgan fingerprint density at radius 1 is 1.41 bits per heavy atom. The summed E-state index contributed by atoms with van der Waals surface area (Å²) in [6.45, 7) is 0.648. The third-order valence-corrected chi connectivity index (χ3v) is 2.60. The summed E-state index contributed by atoms with van der Waals surface area (Å²) in [5, 5.41) is 12.2. The molecule has 0 aliphatic rings. The molecule has 0 aromatic carbocycles. The maximum Gasteiger partial charge on any atom is 0.146 e. The molecule has 0 unspecified atom stereocenters. The Bertz CT molecular complexity index is 529. The third-order valence-electron chi connectivity index (χ3n) is 2.22. The zero-order valence-electron chi connectivity index (χ0n) is 8.94. The lowest BCUT2D eigenvalue weighted by Crippen LogP contribution is -2.08. The molecule has 2 N–H and O–H groups in total. The Hall–Kier alpha value is -2.06. The number of hydrogen-bond donors (Lipinski definition) is 2. The van der Waals surface area contributed by atoms with E-state index in [0.29, 0.717) is 22.9 Å². The molecule has 2 rings (SSSR count). The molecule has 0 spiro atoms. The van der Waals surface area contributed by atoms with Crippen LogP contribution in [0.5, 0.6) is 0 Å². The number of pyridine rings is 1.